The van der Waals surface area contributed by atoms with E-state index >= 15 is 0 Å². The van der Waals surface area contributed by atoms with Crippen molar-refractivity contribution in [1.82, 2.24) is 5.32 Å². The summed E-state index contributed by atoms with van der Waals surface area (Å²) in [6.07, 6.45) is 0.674. The number of quaternary nitrogens is 1. The lowest BCUT2D eigenvalue weighted by Crippen LogP contribution is -3.05. The molecule has 0 fully saturated rings. The van der Waals surface area contributed by atoms with E-state index in [4.69, 9.17) is 22.3 Å². The Hall–Kier alpha value is -0.900. The van der Waals surface area contributed by atoms with Crippen LogP contribution in [-0.4, -0.2) is 57.4 Å². The Morgan fingerprint density at radius 1 is 1.47 bits per heavy atom. The van der Waals surface area contributed by atoms with Gasteiger partial charge in [-0.1, -0.05) is 0 Å². The van der Waals surface area contributed by atoms with Gasteiger partial charge in [-0.2, -0.15) is 0 Å². The monoisotopic (exact) mass is 272 g/mol. The fraction of sp³-hybridized carbons (Fsp3) is 0.875. The van der Waals surface area contributed by atoms with Crippen LogP contribution >= 0.6 is 0 Å². The van der Waals surface area contributed by atoms with Gasteiger partial charge in [0.1, 0.15) is 0 Å². The molecule has 0 spiro atoms. The standard InChI is InChI=1S/C8H18N2O2.H2O4S/c1-4-12-8(11)9-6-5-7-10(2)3;1-5(2,3)4/h4-7H2,1-3H3,(H,9,11);(H2,1,2,3,4). The molecule has 0 heterocycles. The SMILES string of the molecule is CCOC(=O)NCCC[NH+](C)C.O=S(=O)([O-])O. The van der Waals surface area contributed by atoms with E-state index in [1.807, 2.05) is 0 Å². The van der Waals surface area contributed by atoms with Crippen LogP contribution in [0.5, 0.6) is 0 Å². The van der Waals surface area contributed by atoms with Crippen LogP contribution in [0.1, 0.15) is 13.3 Å². The second-order valence-corrected chi connectivity index (χ2v) is 4.24. The van der Waals surface area contributed by atoms with Crippen molar-refractivity contribution in [2.75, 3.05) is 33.8 Å². The molecule has 1 amide bonds. The first-order valence-corrected chi connectivity index (χ1v) is 6.41. The van der Waals surface area contributed by atoms with Gasteiger partial charge in [-0.05, 0) is 6.92 Å². The molecule has 3 N–H and O–H groups in total. The zero-order valence-electron chi connectivity index (χ0n) is 10.2. The highest BCUT2D eigenvalue weighted by atomic mass is 32.3. The molecule has 0 saturated heterocycles. The first kappa shape index (κ1) is 18.5. The Morgan fingerprint density at radius 2 is 1.94 bits per heavy atom. The number of nitrogens with one attached hydrogen (secondary N) is 2. The molecule has 0 saturated carbocycles. The minimum absolute atomic E-state index is 0.314. The maximum Gasteiger partial charge on any atom is 0.407 e. The predicted molar refractivity (Wildman–Crippen MR) is 59.6 cm³/mol. The summed E-state index contributed by atoms with van der Waals surface area (Å²) in [4.78, 5) is 12.1. The molecule has 0 aromatic rings. The molecule has 0 atom stereocenters. The quantitative estimate of drug-likeness (QED) is 0.311. The van der Waals surface area contributed by atoms with Crippen molar-refractivity contribution >= 4 is 16.5 Å². The molecule has 9 heteroatoms. The number of ether oxygens (including phenoxy) is 1. The van der Waals surface area contributed by atoms with Crippen LogP contribution < -0.4 is 10.2 Å². The van der Waals surface area contributed by atoms with E-state index in [1.165, 1.54) is 4.90 Å². The summed E-state index contributed by atoms with van der Waals surface area (Å²) in [6.45, 7) is 3.99. The summed E-state index contributed by atoms with van der Waals surface area (Å²) in [5.41, 5.74) is 0. The Labute approximate surface area is 102 Å². The molecule has 0 aromatic heterocycles. The van der Waals surface area contributed by atoms with E-state index in [9.17, 15) is 4.79 Å². The van der Waals surface area contributed by atoms with E-state index in [0.29, 0.717) is 13.2 Å². The largest absolute Gasteiger partial charge is 0.726 e. The number of carbonyl (C=O) groups excluding carboxylic acids is 1. The number of hydrogen-bond acceptors (Lipinski definition) is 5. The van der Waals surface area contributed by atoms with Gasteiger partial charge >= 0.3 is 6.09 Å². The number of rotatable bonds is 5. The predicted octanol–water partition coefficient (Wildman–Crippen LogP) is -1.73. The first-order valence-electron chi connectivity index (χ1n) is 5.04. The first-order chi connectivity index (χ1) is 7.66. The highest BCUT2D eigenvalue weighted by molar-refractivity contribution is 7.79. The molecular weight excluding hydrogens is 252 g/mol. The molecule has 0 bridgehead atoms. The van der Waals surface area contributed by atoms with Gasteiger partial charge in [0.25, 0.3) is 0 Å². The molecule has 0 radical (unpaired) electrons. The average molecular weight is 272 g/mol. The van der Waals surface area contributed by atoms with E-state index in [-0.39, 0.29) is 6.09 Å². The zero-order chi connectivity index (χ0) is 13.9. The lowest BCUT2D eigenvalue weighted by molar-refractivity contribution is -0.858. The van der Waals surface area contributed by atoms with Gasteiger partial charge in [0.2, 0.25) is 10.4 Å². The Bertz CT molecular complexity index is 282. The van der Waals surface area contributed by atoms with Gasteiger partial charge < -0.3 is 19.5 Å². The smallest absolute Gasteiger partial charge is 0.407 e. The third kappa shape index (κ3) is 31.3. The fourth-order valence-corrected chi connectivity index (χ4v) is 0.815. The third-order valence-electron chi connectivity index (χ3n) is 1.40. The maximum absolute atomic E-state index is 10.7. The topological polar surface area (TPSA) is 120 Å². The third-order valence-corrected chi connectivity index (χ3v) is 1.40. The van der Waals surface area contributed by atoms with Crippen molar-refractivity contribution in [3.8, 4) is 0 Å². The lowest BCUT2D eigenvalue weighted by atomic mass is 10.4. The van der Waals surface area contributed by atoms with Crippen LogP contribution in [0.15, 0.2) is 0 Å². The summed E-state index contributed by atoms with van der Waals surface area (Å²) in [5.74, 6) is 0. The van der Waals surface area contributed by atoms with Crippen molar-refractivity contribution in [1.29, 1.82) is 0 Å². The molecule has 0 aliphatic heterocycles. The van der Waals surface area contributed by atoms with Crippen LogP contribution in [0.4, 0.5) is 4.79 Å². The Balaban J connectivity index is 0. The van der Waals surface area contributed by atoms with Gasteiger partial charge in [0.05, 0.1) is 27.2 Å². The Morgan fingerprint density at radius 3 is 2.29 bits per heavy atom. The molecule has 0 aromatic carbocycles. The van der Waals surface area contributed by atoms with Gasteiger partial charge in [-0.15, -0.1) is 0 Å². The van der Waals surface area contributed by atoms with Crippen LogP contribution in [0, 0.1) is 0 Å². The van der Waals surface area contributed by atoms with Crippen molar-refractivity contribution in [3.05, 3.63) is 0 Å². The zero-order valence-corrected chi connectivity index (χ0v) is 11.0. The number of carbonyl (C=O) groups is 1. The highest BCUT2D eigenvalue weighted by Crippen LogP contribution is 1.76. The summed E-state index contributed by atoms with van der Waals surface area (Å²) < 4.78 is 37.5. The van der Waals surface area contributed by atoms with Gasteiger partial charge in [0, 0.05) is 13.0 Å². The van der Waals surface area contributed by atoms with Crippen LogP contribution in [0.2, 0.25) is 0 Å². The minimum Gasteiger partial charge on any atom is -0.726 e. The molecular formula is C8H20N2O6S. The van der Waals surface area contributed by atoms with Crippen LogP contribution in [0.25, 0.3) is 0 Å². The molecule has 104 valence electrons. The van der Waals surface area contributed by atoms with E-state index in [0.717, 1.165) is 13.0 Å². The molecule has 0 unspecified atom stereocenters. The van der Waals surface area contributed by atoms with Gasteiger partial charge in [-0.25, -0.2) is 13.2 Å². The minimum atomic E-state index is -4.92. The van der Waals surface area contributed by atoms with Crippen molar-refractivity contribution < 1.29 is 32.0 Å². The molecule has 0 rings (SSSR count). The summed E-state index contributed by atoms with van der Waals surface area (Å²) >= 11 is 0. The molecule has 0 aliphatic rings. The van der Waals surface area contributed by atoms with E-state index in [1.54, 1.807) is 6.92 Å². The number of alkyl carbamates (subject to hydrolysis) is 1. The van der Waals surface area contributed by atoms with Crippen molar-refractivity contribution in [2.24, 2.45) is 0 Å². The average Bonchev–Trinajstić information content (AvgIpc) is 2.10. The van der Waals surface area contributed by atoms with Crippen molar-refractivity contribution in [3.63, 3.8) is 0 Å². The van der Waals surface area contributed by atoms with Crippen LogP contribution in [0.3, 0.4) is 0 Å². The summed E-state index contributed by atoms with van der Waals surface area (Å²) in [6, 6.07) is 0. The van der Waals surface area contributed by atoms with Gasteiger partial charge in [0.15, 0.2) is 0 Å². The van der Waals surface area contributed by atoms with Gasteiger partial charge in [-0.3, -0.25) is 4.55 Å². The summed E-state index contributed by atoms with van der Waals surface area (Å²) in [7, 11) is -0.741. The highest BCUT2D eigenvalue weighted by Gasteiger charge is 1.99. The fourth-order valence-electron chi connectivity index (χ4n) is 0.815. The summed E-state index contributed by atoms with van der Waals surface area (Å²) in [5, 5.41) is 2.66. The number of amides is 1. The molecule has 17 heavy (non-hydrogen) atoms. The number of hydrogen-bond donors (Lipinski definition) is 3. The second kappa shape index (κ2) is 10.3. The lowest BCUT2D eigenvalue weighted by Gasteiger charge is -2.07. The molecule has 0 aliphatic carbocycles. The Kier molecular flexibility index (Phi) is 11.2. The maximum atomic E-state index is 10.7. The second-order valence-electron chi connectivity index (χ2n) is 3.39. The normalized spacial score (nSPS) is 10.5. The van der Waals surface area contributed by atoms with Crippen LogP contribution in [-0.2, 0) is 15.1 Å². The van der Waals surface area contributed by atoms with E-state index in [2.05, 4.69) is 19.4 Å². The molecule has 8 nitrogen and oxygen atoms in total. The van der Waals surface area contributed by atoms with E-state index < -0.39 is 10.4 Å². The van der Waals surface area contributed by atoms with Crippen molar-refractivity contribution in [2.45, 2.75) is 13.3 Å².